The Morgan fingerprint density at radius 3 is 2.61 bits per heavy atom. The smallest absolute Gasteiger partial charge is 0.416 e. The van der Waals surface area contributed by atoms with Gasteiger partial charge in [0.15, 0.2) is 0 Å². The predicted octanol–water partition coefficient (Wildman–Crippen LogP) is 4.23. The van der Waals surface area contributed by atoms with Crippen LogP contribution in [0, 0.1) is 0 Å². The second-order valence-corrected chi connectivity index (χ2v) is 6.45. The van der Waals surface area contributed by atoms with Crippen LogP contribution in [0.15, 0.2) is 24.3 Å². The molecule has 0 N–H and O–H groups in total. The molecule has 23 heavy (non-hydrogen) atoms. The molecule has 0 radical (unpaired) electrons. The number of fused-ring (bicyclic) bond motifs is 1. The fourth-order valence-corrected chi connectivity index (χ4v) is 3.00. The van der Waals surface area contributed by atoms with E-state index in [1.165, 1.54) is 6.07 Å². The highest BCUT2D eigenvalue weighted by Crippen LogP contribution is 2.42. The number of carbonyl (C=O) groups is 1. The van der Waals surface area contributed by atoms with Crippen LogP contribution in [0.4, 0.5) is 13.2 Å². The number of hydrogen-bond acceptors (Lipinski definition) is 2. The standard InChI is InChI=1S/C17H18F3NO2/c1-16(2)10-13(21-8-4-3-5-15(21)22)12-7-6-11(17(18,19)20)9-14(12)23-16/h6-7,9-10H,3-5,8H2,1-2H3. The topological polar surface area (TPSA) is 29.5 Å². The molecular weight excluding hydrogens is 307 g/mol. The molecular formula is C17H18F3NO2. The molecule has 2 heterocycles. The number of carbonyl (C=O) groups excluding carboxylic acids is 1. The number of likely N-dealkylation sites (tertiary alicyclic amines) is 1. The summed E-state index contributed by atoms with van der Waals surface area (Å²) >= 11 is 0. The van der Waals surface area contributed by atoms with E-state index in [-0.39, 0.29) is 11.7 Å². The molecule has 6 heteroatoms. The van der Waals surface area contributed by atoms with E-state index in [0.29, 0.717) is 24.2 Å². The van der Waals surface area contributed by atoms with Gasteiger partial charge in [0.05, 0.1) is 11.3 Å². The number of piperidine rings is 1. The van der Waals surface area contributed by atoms with Gasteiger partial charge in [-0.25, -0.2) is 0 Å². The van der Waals surface area contributed by atoms with Crippen molar-refractivity contribution < 1.29 is 22.7 Å². The van der Waals surface area contributed by atoms with Crippen LogP contribution in [0.25, 0.3) is 5.70 Å². The summed E-state index contributed by atoms with van der Waals surface area (Å²) in [5, 5.41) is 0. The molecule has 2 aliphatic heterocycles. The van der Waals surface area contributed by atoms with E-state index in [2.05, 4.69) is 0 Å². The van der Waals surface area contributed by atoms with Gasteiger partial charge < -0.3 is 9.64 Å². The normalized spacial score (nSPS) is 20.7. The number of alkyl halides is 3. The average Bonchev–Trinajstić information content (AvgIpc) is 2.44. The first-order valence-corrected chi connectivity index (χ1v) is 7.61. The monoisotopic (exact) mass is 325 g/mol. The maximum absolute atomic E-state index is 12.9. The zero-order valence-electron chi connectivity index (χ0n) is 13.0. The quantitative estimate of drug-likeness (QED) is 0.773. The third-order valence-corrected chi connectivity index (χ3v) is 4.06. The molecule has 1 aromatic carbocycles. The van der Waals surface area contributed by atoms with E-state index >= 15 is 0 Å². The molecule has 0 aliphatic carbocycles. The molecule has 1 saturated heterocycles. The van der Waals surface area contributed by atoms with E-state index in [9.17, 15) is 18.0 Å². The number of rotatable bonds is 1. The lowest BCUT2D eigenvalue weighted by atomic mass is 9.95. The Morgan fingerprint density at radius 1 is 1.22 bits per heavy atom. The average molecular weight is 325 g/mol. The van der Waals surface area contributed by atoms with Gasteiger partial charge in [-0.1, -0.05) is 0 Å². The lowest BCUT2D eigenvalue weighted by molar-refractivity contribution is -0.137. The predicted molar refractivity (Wildman–Crippen MR) is 79.7 cm³/mol. The van der Waals surface area contributed by atoms with Gasteiger partial charge in [-0.3, -0.25) is 4.79 Å². The van der Waals surface area contributed by atoms with Crippen molar-refractivity contribution in [1.29, 1.82) is 0 Å². The lowest BCUT2D eigenvalue weighted by Crippen LogP contribution is -2.38. The minimum absolute atomic E-state index is 0.00560. The Bertz CT molecular complexity index is 677. The molecule has 0 aromatic heterocycles. The van der Waals surface area contributed by atoms with Crippen LogP contribution in [0.2, 0.25) is 0 Å². The van der Waals surface area contributed by atoms with Crippen LogP contribution >= 0.6 is 0 Å². The molecule has 0 bridgehead atoms. The molecule has 0 atom stereocenters. The molecule has 1 aromatic rings. The van der Waals surface area contributed by atoms with Crippen LogP contribution < -0.4 is 4.74 Å². The third-order valence-electron chi connectivity index (χ3n) is 4.06. The number of halogens is 3. The molecule has 3 rings (SSSR count). The summed E-state index contributed by atoms with van der Waals surface area (Å²) in [6.07, 6.45) is -0.409. The molecule has 0 unspecified atom stereocenters. The zero-order chi connectivity index (χ0) is 16.8. The fourth-order valence-electron chi connectivity index (χ4n) is 3.00. The number of amides is 1. The summed E-state index contributed by atoms with van der Waals surface area (Å²) in [5.74, 6) is 0.173. The summed E-state index contributed by atoms with van der Waals surface area (Å²) in [5.41, 5.74) is -0.342. The highest BCUT2D eigenvalue weighted by atomic mass is 19.4. The van der Waals surface area contributed by atoms with Gasteiger partial charge in [0.25, 0.3) is 0 Å². The Labute approximate surface area is 132 Å². The van der Waals surface area contributed by atoms with Gasteiger partial charge in [0.1, 0.15) is 11.4 Å². The molecule has 124 valence electrons. The van der Waals surface area contributed by atoms with E-state index in [4.69, 9.17) is 4.74 Å². The van der Waals surface area contributed by atoms with Gasteiger partial charge in [0.2, 0.25) is 5.91 Å². The largest absolute Gasteiger partial charge is 0.483 e. The van der Waals surface area contributed by atoms with E-state index in [0.717, 1.165) is 25.0 Å². The minimum atomic E-state index is -4.43. The molecule has 0 spiro atoms. The van der Waals surface area contributed by atoms with Gasteiger partial charge >= 0.3 is 6.18 Å². The highest BCUT2D eigenvalue weighted by Gasteiger charge is 2.36. The SMILES string of the molecule is CC1(C)C=C(N2CCCCC2=O)c2ccc(C(F)(F)F)cc2O1. The van der Waals surface area contributed by atoms with Gasteiger partial charge in [-0.15, -0.1) is 0 Å². The van der Waals surface area contributed by atoms with Crippen molar-refractivity contribution in [2.24, 2.45) is 0 Å². The van der Waals surface area contributed by atoms with Gasteiger partial charge in [-0.05, 0) is 51.0 Å². The van der Waals surface area contributed by atoms with Crippen molar-refractivity contribution in [2.75, 3.05) is 6.54 Å². The van der Waals surface area contributed by atoms with Crippen LogP contribution in [0.5, 0.6) is 5.75 Å². The third kappa shape index (κ3) is 3.07. The van der Waals surface area contributed by atoms with E-state index < -0.39 is 17.3 Å². The van der Waals surface area contributed by atoms with Crippen molar-refractivity contribution in [3.05, 3.63) is 35.4 Å². The Morgan fingerprint density at radius 2 is 1.96 bits per heavy atom. The maximum atomic E-state index is 12.9. The van der Waals surface area contributed by atoms with Crippen molar-refractivity contribution >= 4 is 11.6 Å². The maximum Gasteiger partial charge on any atom is 0.416 e. The van der Waals surface area contributed by atoms with Gasteiger partial charge in [0, 0.05) is 18.5 Å². The van der Waals surface area contributed by atoms with E-state index in [1.807, 2.05) is 6.08 Å². The summed E-state index contributed by atoms with van der Waals surface area (Å²) in [6.45, 7) is 4.12. The molecule has 0 saturated carbocycles. The summed E-state index contributed by atoms with van der Waals surface area (Å²) in [7, 11) is 0. The first-order valence-electron chi connectivity index (χ1n) is 7.61. The van der Waals surface area contributed by atoms with Crippen LogP contribution in [-0.2, 0) is 11.0 Å². The van der Waals surface area contributed by atoms with Crippen LogP contribution in [-0.4, -0.2) is 23.0 Å². The zero-order valence-corrected chi connectivity index (χ0v) is 13.0. The minimum Gasteiger partial charge on any atom is -0.483 e. The first-order chi connectivity index (χ1) is 10.7. The van der Waals surface area contributed by atoms with Crippen LogP contribution in [0.3, 0.4) is 0 Å². The van der Waals surface area contributed by atoms with Gasteiger partial charge in [-0.2, -0.15) is 13.2 Å². The molecule has 3 nitrogen and oxygen atoms in total. The first kappa shape index (κ1) is 15.9. The van der Waals surface area contributed by atoms with Crippen molar-refractivity contribution in [3.8, 4) is 5.75 Å². The van der Waals surface area contributed by atoms with Crippen LogP contribution in [0.1, 0.15) is 44.2 Å². The molecule has 1 amide bonds. The van der Waals surface area contributed by atoms with Crippen molar-refractivity contribution in [3.63, 3.8) is 0 Å². The Hall–Kier alpha value is -1.98. The fraction of sp³-hybridized carbons (Fsp3) is 0.471. The summed E-state index contributed by atoms with van der Waals surface area (Å²) in [4.78, 5) is 13.9. The molecule has 2 aliphatic rings. The second-order valence-electron chi connectivity index (χ2n) is 6.45. The number of nitrogens with zero attached hydrogens (tertiary/aromatic N) is 1. The number of benzene rings is 1. The van der Waals surface area contributed by atoms with Crippen molar-refractivity contribution in [2.45, 2.75) is 44.9 Å². The highest BCUT2D eigenvalue weighted by molar-refractivity contribution is 5.89. The van der Waals surface area contributed by atoms with Crippen molar-refractivity contribution in [1.82, 2.24) is 4.90 Å². The summed E-state index contributed by atoms with van der Waals surface area (Å²) < 4.78 is 44.5. The lowest BCUT2D eigenvalue weighted by Gasteiger charge is -2.37. The Balaban J connectivity index is 2.07. The Kier molecular flexibility index (Phi) is 3.65. The number of hydrogen-bond donors (Lipinski definition) is 0. The summed E-state index contributed by atoms with van der Waals surface area (Å²) in [6, 6.07) is 3.43. The second kappa shape index (κ2) is 5.28. The molecule has 1 fully saturated rings. The van der Waals surface area contributed by atoms with E-state index in [1.54, 1.807) is 18.7 Å². The number of ether oxygens (including phenoxy) is 1.